The van der Waals surface area contributed by atoms with Gasteiger partial charge in [0.1, 0.15) is 0 Å². The number of nitrogens with one attached hydrogen (secondary N) is 2. The second-order valence-corrected chi connectivity index (χ2v) is 4.56. The van der Waals surface area contributed by atoms with E-state index in [1.165, 1.54) is 14.2 Å². The van der Waals surface area contributed by atoms with E-state index in [0.717, 1.165) is 0 Å². The van der Waals surface area contributed by atoms with Gasteiger partial charge in [-0.05, 0) is 13.8 Å². The first kappa shape index (κ1) is 13.8. The molecule has 7 heteroatoms. The molecule has 0 saturated heterocycles. The summed E-state index contributed by atoms with van der Waals surface area (Å²) in [6.07, 6.45) is -0.571. The van der Waals surface area contributed by atoms with Gasteiger partial charge in [0.15, 0.2) is 6.29 Å². The summed E-state index contributed by atoms with van der Waals surface area (Å²) < 4.78 is 36.8. The first-order chi connectivity index (χ1) is 6.41. The molecule has 0 amide bonds. The van der Waals surface area contributed by atoms with Crippen LogP contribution in [0.1, 0.15) is 13.8 Å². The van der Waals surface area contributed by atoms with Gasteiger partial charge in [-0.1, -0.05) is 0 Å². The Labute approximate surface area is 85.2 Å². The van der Waals surface area contributed by atoms with Gasteiger partial charge in [0.05, 0.1) is 6.54 Å². The van der Waals surface area contributed by atoms with Crippen molar-refractivity contribution >= 4 is 10.2 Å². The molecule has 0 radical (unpaired) electrons. The number of ether oxygens (including phenoxy) is 2. The van der Waals surface area contributed by atoms with Gasteiger partial charge in [-0.25, -0.2) is 0 Å². The largest absolute Gasteiger partial charge is 0.355 e. The normalized spacial score (nSPS) is 12.7. The van der Waals surface area contributed by atoms with Gasteiger partial charge < -0.3 is 9.47 Å². The summed E-state index contributed by atoms with van der Waals surface area (Å²) in [6, 6.07) is -0.143. The third-order valence-corrected chi connectivity index (χ3v) is 2.69. The molecule has 0 aromatic heterocycles. The van der Waals surface area contributed by atoms with E-state index in [2.05, 4.69) is 9.44 Å². The van der Waals surface area contributed by atoms with Crippen LogP contribution in [0.5, 0.6) is 0 Å². The van der Waals surface area contributed by atoms with E-state index in [9.17, 15) is 8.42 Å². The molecular weight excluding hydrogens is 208 g/mol. The van der Waals surface area contributed by atoms with Crippen molar-refractivity contribution in [1.82, 2.24) is 9.44 Å². The molecule has 0 aromatic rings. The van der Waals surface area contributed by atoms with E-state index < -0.39 is 16.5 Å². The topological polar surface area (TPSA) is 76.7 Å². The van der Waals surface area contributed by atoms with Crippen molar-refractivity contribution in [3.05, 3.63) is 0 Å². The molecule has 14 heavy (non-hydrogen) atoms. The zero-order valence-electron chi connectivity index (χ0n) is 8.90. The number of hydrogen-bond acceptors (Lipinski definition) is 4. The van der Waals surface area contributed by atoms with Crippen molar-refractivity contribution in [2.45, 2.75) is 26.2 Å². The fourth-order valence-corrected chi connectivity index (χ4v) is 1.85. The van der Waals surface area contributed by atoms with Gasteiger partial charge in [0, 0.05) is 20.3 Å². The van der Waals surface area contributed by atoms with Gasteiger partial charge in [0.2, 0.25) is 0 Å². The molecule has 2 N–H and O–H groups in total. The maximum absolute atomic E-state index is 11.2. The predicted molar refractivity (Wildman–Crippen MR) is 53.0 cm³/mol. The molecule has 0 unspecified atom stereocenters. The lowest BCUT2D eigenvalue weighted by molar-refractivity contribution is -0.0961. The van der Waals surface area contributed by atoms with E-state index in [1.807, 2.05) is 0 Å². The molecule has 0 aliphatic heterocycles. The van der Waals surface area contributed by atoms with E-state index in [4.69, 9.17) is 9.47 Å². The quantitative estimate of drug-likeness (QED) is 0.570. The molecule has 0 heterocycles. The van der Waals surface area contributed by atoms with Gasteiger partial charge >= 0.3 is 0 Å². The van der Waals surface area contributed by atoms with Gasteiger partial charge in [-0.2, -0.15) is 17.9 Å². The fraction of sp³-hybridized carbons (Fsp3) is 1.00. The summed E-state index contributed by atoms with van der Waals surface area (Å²) in [6.45, 7) is 3.56. The third kappa shape index (κ3) is 6.28. The Hall–Kier alpha value is -0.210. The summed E-state index contributed by atoms with van der Waals surface area (Å²) >= 11 is 0. The Morgan fingerprint density at radius 2 is 1.71 bits per heavy atom. The summed E-state index contributed by atoms with van der Waals surface area (Å²) in [5.41, 5.74) is 0. The minimum Gasteiger partial charge on any atom is -0.355 e. The predicted octanol–water partition coefficient (Wildman–Crippen LogP) is -0.562. The van der Waals surface area contributed by atoms with Crippen LogP contribution in [-0.2, 0) is 19.7 Å². The van der Waals surface area contributed by atoms with E-state index in [-0.39, 0.29) is 12.6 Å². The lowest BCUT2D eigenvalue weighted by Gasteiger charge is -2.15. The second-order valence-electron chi connectivity index (χ2n) is 3.03. The Balaban J connectivity index is 3.98. The van der Waals surface area contributed by atoms with Crippen LogP contribution in [0.25, 0.3) is 0 Å². The highest BCUT2D eigenvalue weighted by Gasteiger charge is 2.13. The maximum atomic E-state index is 11.2. The monoisotopic (exact) mass is 226 g/mol. The maximum Gasteiger partial charge on any atom is 0.277 e. The van der Waals surface area contributed by atoms with E-state index in [1.54, 1.807) is 13.8 Å². The average molecular weight is 226 g/mol. The molecule has 0 saturated carbocycles. The van der Waals surface area contributed by atoms with Crippen LogP contribution in [0.2, 0.25) is 0 Å². The van der Waals surface area contributed by atoms with Gasteiger partial charge in [-0.15, -0.1) is 0 Å². The summed E-state index contributed by atoms with van der Waals surface area (Å²) in [5, 5.41) is 0. The molecule has 0 spiro atoms. The van der Waals surface area contributed by atoms with Crippen LogP contribution in [0.15, 0.2) is 0 Å². The third-order valence-electron chi connectivity index (χ3n) is 1.36. The fourth-order valence-electron chi connectivity index (χ4n) is 0.793. The zero-order valence-corrected chi connectivity index (χ0v) is 9.72. The summed E-state index contributed by atoms with van der Waals surface area (Å²) in [5.74, 6) is 0. The van der Waals surface area contributed by atoms with Crippen LogP contribution in [0.4, 0.5) is 0 Å². The molecule has 0 aliphatic carbocycles. The molecule has 0 aromatic carbocycles. The van der Waals surface area contributed by atoms with Crippen molar-refractivity contribution < 1.29 is 17.9 Å². The Morgan fingerprint density at radius 1 is 1.21 bits per heavy atom. The SMILES string of the molecule is COC(CNS(=O)(=O)NC(C)C)OC. The highest BCUT2D eigenvalue weighted by molar-refractivity contribution is 7.87. The van der Waals surface area contributed by atoms with E-state index >= 15 is 0 Å². The molecule has 6 nitrogen and oxygen atoms in total. The standard InChI is InChI=1S/C7H18N2O4S/c1-6(2)9-14(10,11)8-5-7(12-3)13-4/h6-9H,5H2,1-4H3. The molecule has 0 rings (SSSR count). The molecule has 0 aliphatic rings. The van der Waals surface area contributed by atoms with Crippen molar-refractivity contribution in [2.24, 2.45) is 0 Å². The number of rotatable bonds is 7. The molecule has 86 valence electrons. The van der Waals surface area contributed by atoms with Crippen LogP contribution >= 0.6 is 0 Å². The van der Waals surface area contributed by atoms with Crippen LogP contribution in [0, 0.1) is 0 Å². The summed E-state index contributed by atoms with van der Waals surface area (Å²) in [7, 11) is -0.570. The highest BCUT2D eigenvalue weighted by atomic mass is 32.2. The average Bonchev–Trinajstić information content (AvgIpc) is 2.03. The Kier molecular flexibility index (Phi) is 6.21. The molecule has 0 fully saturated rings. The molecule has 0 bridgehead atoms. The Morgan fingerprint density at radius 3 is 2.07 bits per heavy atom. The lowest BCUT2D eigenvalue weighted by atomic mass is 10.4. The lowest BCUT2D eigenvalue weighted by Crippen LogP contribution is -2.43. The number of methoxy groups -OCH3 is 2. The smallest absolute Gasteiger partial charge is 0.277 e. The van der Waals surface area contributed by atoms with Gasteiger partial charge in [0.25, 0.3) is 10.2 Å². The van der Waals surface area contributed by atoms with Crippen LogP contribution in [-0.4, -0.2) is 41.5 Å². The minimum absolute atomic E-state index is 0.0784. The van der Waals surface area contributed by atoms with Crippen LogP contribution < -0.4 is 9.44 Å². The molecule has 0 atom stereocenters. The van der Waals surface area contributed by atoms with Crippen molar-refractivity contribution in [1.29, 1.82) is 0 Å². The summed E-state index contributed by atoms with van der Waals surface area (Å²) in [4.78, 5) is 0. The highest BCUT2D eigenvalue weighted by Crippen LogP contribution is 1.90. The zero-order chi connectivity index (χ0) is 11.2. The van der Waals surface area contributed by atoms with Crippen LogP contribution in [0.3, 0.4) is 0 Å². The first-order valence-corrected chi connectivity index (χ1v) is 5.72. The Bertz CT molecular complexity index is 236. The minimum atomic E-state index is -3.46. The molecular formula is C7H18N2O4S. The van der Waals surface area contributed by atoms with Crippen molar-refractivity contribution in [3.63, 3.8) is 0 Å². The second kappa shape index (κ2) is 6.31. The van der Waals surface area contributed by atoms with E-state index in [0.29, 0.717) is 0 Å². The van der Waals surface area contributed by atoms with Crippen molar-refractivity contribution in [3.8, 4) is 0 Å². The first-order valence-electron chi connectivity index (χ1n) is 4.23. The van der Waals surface area contributed by atoms with Crippen molar-refractivity contribution in [2.75, 3.05) is 20.8 Å². The number of hydrogen-bond donors (Lipinski definition) is 2. The van der Waals surface area contributed by atoms with Gasteiger partial charge in [-0.3, -0.25) is 0 Å².